The summed E-state index contributed by atoms with van der Waals surface area (Å²) < 4.78 is 9.80. The summed E-state index contributed by atoms with van der Waals surface area (Å²) in [6.07, 6.45) is 0.162. The molecule has 2 N–H and O–H groups in total. The molecule has 4 atom stereocenters. The van der Waals surface area contributed by atoms with E-state index in [2.05, 4.69) is 9.97 Å². The summed E-state index contributed by atoms with van der Waals surface area (Å²) >= 11 is 0. The molecular weight excluding hydrogens is 424 g/mol. The monoisotopic (exact) mass is 454 g/mol. The molecule has 3 rings (SSSR count). The van der Waals surface area contributed by atoms with Crippen molar-refractivity contribution in [3.63, 3.8) is 0 Å². The smallest absolute Gasteiger partial charge is 0.340 e. The predicted octanol–water partition coefficient (Wildman–Crippen LogP) is 3.58. The van der Waals surface area contributed by atoms with E-state index in [0.29, 0.717) is 52.5 Å². The number of carbonyl (C=O) groups excluding carboxylic acids is 2. The minimum atomic E-state index is -1.15. The maximum Gasteiger partial charge on any atom is 0.340 e. The molecule has 33 heavy (non-hydrogen) atoms. The van der Waals surface area contributed by atoms with Gasteiger partial charge in [-0.25, -0.2) is 14.8 Å². The molecule has 0 radical (unpaired) electrons. The van der Waals surface area contributed by atoms with Crippen molar-refractivity contribution in [2.75, 3.05) is 14.2 Å². The Morgan fingerprint density at radius 2 is 1.55 bits per heavy atom. The molecule has 8 nitrogen and oxygen atoms in total. The van der Waals surface area contributed by atoms with E-state index < -0.39 is 30.1 Å². The van der Waals surface area contributed by atoms with Crippen LogP contribution in [0.1, 0.15) is 55.1 Å². The lowest BCUT2D eigenvalue weighted by Crippen LogP contribution is -2.24. The van der Waals surface area contributed by atoms with Gasteiger partial charge in [-0.2, -0.15) is 0 Å². The van der Waals surface area contributed by atoms with Gasteiger partial charge >= 0.3 is 11.9 Å². The van der Waals surface area contributed by atoms with Crippen molar-refractivity contribution in [2.24, 2.45) is 11.8 Å². The van der Waals surface area contributed by atoms with Gasteiger partial charge in [-0.05, 0) is 43.9 Å². The SMILES string of the molecule is COC(=O)c1cccc2nc3c(C(O)C(CCCC(C)C(C)O)C(=O)OC)cccc3nc12. The van der Waals surface area contributed by atoms with Crippen LogP contribution >= 0.6 is 0 Å². The Morgan fingerprint density at radius 3 is 2.18 bits per heavy atom. The zero-order valence-electron chi connectivity index (χ0n) is 19.3. The molecule has 0 aliphatic carbocycles. The third-order valence-corrected chi connectivity index (χ3v) is 6.13. The van der Waals surface area contributed by atoms with E-state index >= 15 is 0 Å². The molecule has 8 heteroatoms. The maximum atomic E-state index is 12.5. The number of hydrogen-bond acceptors (Lipinski definition) is 8. The second-order valence-corrected chi connectivity index (χ2v) is 8.33. The van der Waals surface area contributed by atoms with Crippen molar-refractivity contribution < 1.29 is 29.3 Å². The van der Waals surface area contributed by atoms with Crippen LogP contribution in [0.2, 0.25) is 0 Å². The zero-order chi connectivity index (χ0) is 24.1. The normalized spacial score (nSPS) is 15.1. The third kappa shape index (κ3) is 5.29. The van der Waals surface area contributed by atoms with Gasteiger partial charge in [0.1, 0.15) is 5.52 Å². The molecule has 0 aliphatic heterocycles. The summed E-state index contributed by atoms with van der Waals surface area (Å²) in [5.74, 6) is -1.73. The number of aliphatic hydroxyl groups is 2. The summed E-state index contributed by atoms with van der Waals surface area (Å²) in [5, 5.41) is 20.9. The van der Waals surface area contributed by atoms with Crippen LogP contribution in [-0.2, 0) is 14.3 Å². The van der Waals surface area contributed by atoms with Gasteiger partial charge in [-0.15, -0.1) is 0 Å². The van der Waals surface area contributed by atoms with E-state index in [9.17, 15) is 19.8 Å². The van der Waals surface area contributed by atoms with E-state index in [1.165, 1.54) is 14.2 Å². The lowest BCUT2D eigenvalue weighted by molar-refractivity contribution is -0.150. The van der Waals surface area contributed by atoms with Crippen molar-refractivity contribution in [2.45, 2.75) is 45.3 Å². The van der Waals surface area contributed by atoms with E-state index in [4.69, 9.17) is 9.47 Å². The number of ether oxygens (including phenoxy) is 2. The molecule has 1 heterocycles. The Balaban J connectivity index is 2.00. The number of fused-ring (bicyclic) bond motifs is 2. The standard InChI is InChI=1S/C25H30N2O6/c1-14(15(2)28)8-5-11-18(25(31)33-4)23(29)16-9-6-12-19-21(16)26-20-13-7-10-17(22(20)27-19)24(30)32-3/h6-7,9-10,12-15,18,23,28-29H,5,8,11H2,1-4H3. The van der Waals surface area contributed by atoms with Crippen LogP contribution in [0.15, 0.2) is 36.4 Å². The van der Waals surface area contributed by atoms with E-state index in [0.717, 1.165) is 0 Å². The fraction of sp³-hybridized carbons (Fsp3) is 0.440. The number of aromatic nitrogens is 2. The van der Waals surface area contributed by atoms with Gasteiger partial charge in [0.15, 0.2) is 0 Å². The summed E-state index contributed by atoms with van der Waals surface area (Å²) in [6.45, 7) is 3.68. The van der Waals surface area contributed by atoms with Gasteiger partial charge in [0.25, 0.3) is 0 Å². The van der Waals surface area contributed by atoms with Crippen LogP contribution in [0.3, 0.4) is 0 Å². The fourth-order valence-electron chi connectivity index (χ4n) is 3.93. The molecule has 2 aromatic carbocycles. The van der Waals surface area contributed by atoms with Crippen molar-refractivity contribution in [3.8, 4) is 0 Å². The van der Waals surface area contributed by atoms with E-state index in [-0.39, 0.29) is 5.92 Å². The Hall–Kier alpha value is -3.10. The number of esters is 2. The molecule has 0 saturated heterocycles. The number of para-hydroxylation sites is 2. The molecule has 0 aliphatic rings. The highest BCUT2D eigenvalue weighted by Gasteiger charge is 2.30. The number of nitrogens with zero attached hydrogens (tertiary/aromatic N) is 2. The second-order valence-electron chi connectivity index (χ2n) is 8.33. The van der Waals surface area contributed by atoms with Gasteiger partial charge in [-0.1, -0.05) is 31.5 Å². The lowest BCUT2D eigenvalue weighted by Gasteiger charge is -2.23. The largest absolute Gasteiger partial charge is 0.469 e. The summed E-state index contributed by atoms with van der Waals surface area (Å²) in [6, 6.07) is 10.2. The third-order valence-electron chi connectivity index (χ3n) is 6.13. The minimum Gasteiger partial charge on any atom is -0.469 e. The molecule has 0 amide bonds. The first-order valence-corrected chi connectivity index (χ1v) is 11.0. The fourth-order valence-corrected chi connectivity index (χ4v) is 3.93. The number of carbonyl (C=O) groups is 2. The van der Waals surface area contributed by atoms with Crippen LogP contribution in [0.25, 0.3) is 22.1 Å². The van der Waals surface area contributed by atoms with Crippen molar-refractivity contribution in [3.05, 3.63) is 47.5 Å². The highest BCUT2D eigenvalue weighted by Crippen LogP contribution is 2.33. The molecule has 0 fully saturated rings. The highest BCUT2D eigenvalue weighted by molar-refractivity contribution is 6.03. The second kappa shape index (κ2) is 10.7. The quantitative estimate of drug-likeness (QED) is 0.372. The van der Waals surface area contributed by atoms with Crippen molar-refractivity contribution >= 4 is 34.0 Å². The average Bonchev–Trinajstić information content (AvgIpc) is 2.83. The van der Waals surface area contributed by atoms with Crippen LogP contribution < -0.4 is 0 Å². The van der Waals surface area contributed by atoms with Crippen molar-refractivity contribution in [1.82, 2.24) is 9.97 Å². The average molecular weight is 455 g/mol. The topological polar surface area (TPSA) is 119 Å². The number of hydrogen-bond donors (Lipinski definition) is 2. The molecule has 3 aromatic rings. The van der Waals surface area contributed by atoms with Crippen LogP contribution in [0.5, 0.6) is 0 Å². The van der Waals surface area contributed by atoms with Gasteiger partial charge in [0, 0.05) is 5.56 Å². The minimum absolute atomic E-state index is 0.0826. The molecule has 0 bridgehead atoms. The first-order chi connectivity index (χ1) is 15.8. The van der Waals surface area contributed by atoms with Crippen LogP contribution in [-0.4, -0.2) is 52.4 Å². The molecule has 0 saturated carbocycles. The van der Waals surface area contributed by atoms with E-state index in [1.807, 2.05) is 6.92 Å². The lowest BCUT2D eigenvalue weighted by atomic mass is 9.88. The van der Waals surface area contributed by atoms with Gasteiger partial charge < -0.3 is 19.7 Å². The Kier molecular flexibility index (Phi) is 7.94. The Morgan fingerprint density at radius 1 is 0.909 bits per heavy atom. The first kappa shape index (κ1) is 24.5. The zero-order valence-corrected chi connectivity index (χ0v) is 19.3. The molecule has 176 valence electrons. The van der Waals surface area contributed by atoms with Crippen LogP contribution in [0.4, 0.5) is 0 Å². The molecule has 1 aromatic heterocycles. The van der Waals surface area contributed by atoms with Gasteiger partial charge in [-0.3, -0.25) is 4.79 Å². The van der Waals surface area contributed by atoms with Gasteiger partial charge in [0.2, 0.25) is 0 Å². The van der Waals surface area contributed by atoms with Crippen molar-refractivity contribution in [1.29, 1.82) is 0 Å². The molecule has 0 spiro atoms. The van der Waals surface area contributed by atoms with Gasteiger partial charge in [0.05, 0.1) is 54.5 Å². The van der Waals surface area contributed by atoms with Crippen LogP contribution in [0, 0.1) is 11.8 Å². The maximum absolute atomic E-state index is 12.5. The number of benzene rings is 2. The molecule has 4 unspecified atom stereocenters. The first-order valence-electron chi connectivity index (χ1n) is 11.0. The Labute approximate surface area is 192 Å². The Bertz CT molecular complexity index is 1150. The molecular formula is C25H30N2O6. The summed E-state index contributed by atoms with van der Waals surface area (Å²) in [4.78, 5) is 33.9. The summed E-state index contributed by atoms with van der Waals surface area (Å²) in [7, 11) is 2.60. The number of methoxy groups -OCH3 is 2. The predicted molar refractivity (Wildman–Crippen MR) is 124 cm³/mol. The number of rotatable bonds is 9. The van der Waals surface area contributed by atoms with E-state index in [1.54, 1.807) is 43.3 Å². The number of aliphatic hydroxyl groups excluding tert-OH is 2. The summed E-state index contributed by atoms with van der Waals surface area (Å²) in [5.41, 5.74) is 2.58. The highest BCUT2D eigenvalue weighted by atomic mass is 16.5.